The summed E-state index contributed by atoms with van der Waals surface area (Å²) in [7, 11) is 0. The Balaban J connectivity index is 1.60. The fraction of sp³-hybridized carbons (Fsp3) is 0.542. The molecule has 0 saturated carbocycles. The van der Waals surface area contributed by atoms with E-state index in [4.69, 9.17) is 9.47 Å². The van der Waals surface area contributed by atoms with Crippen LogP contribution in [0.5, 0.6) is 0 Å². The van der Waals surface area contributed by atoms with E-state index in [9.17, 15) is 14.0 Å². The van der Waals surface area contributed by atoms with Gasteiger partial charge in [-0.15, -0.1) is 0 Å². The molecule has 3 atom stereocenters. The van der Waals surface area contributed by atoms with E-state index in [0.29, 0.717) is 24.5 Å². The van der Waals surface area contributed by atoms with Gasteiger partial charge in [-0.25, -0.2) is 14.2 Å². The molecule has 1 aliphatic rings. The van der Waals surface area contributed by atoms with E-state index < -0.39 is 17.9 Å². The van der Waals surface area contributed by atoms with Gasteiger partial charge in [-0.1, -0.05) is 0 Å². The van der Waals surface area contributed by atoms with Crippen LogP contribution in [0, 0.1) is 6.92 Å². The van der Waals surface area contributed by atoms with Crippen molar-refractivity contribution in [3.63, 3.8) is 0 Å². The van der Waals surface area contributed by atoms with Crippen LogP contribution in [0.4, 0.5) is 15.0 Å². The van der Waals surface area contributed by atoms with Gasteiger partial charge in [0, 0.05) is 37.2 Å². The number of aryl methyl sites for hydroxylation is 1. The van der Waals surface area contributed by atoms with E-state index in [2.05, 4.69) is 25.9 Å². The lowest BCUT2D eigenvalue weighted by atomic mass is 10.0. The van der Waals surface area contributed by atoms with Crippen molar-refractivity contribution in [3.8, 4) is 11.1 Å². The first-order chi connectivity index (χ1) is 16.0. The summed E-state index contributed by atoms with van der Waals surface area (Å²) in [5.74, 6) is 0.279. The van der Waals surface area contributed by atoms with Crippen LogP contribution >= 0.6 is 0 Å². The molecule has 3 heterocycles. The summed E-state index contributed by atoms with van der Waals surface area (Å²) in [4.78, 5) is 31.8. The molecule has 2 aromatic rings. The molecule has 0 aliphatic carbocycles. The highest BCUT2D eigenvalue weighted by atomic mass is 19.1. The Morgan fingerprint density at radius 2 is 2.12 bits per heavy atom. The summed E-state index contributed by atoms with van der Waals surface area (Å²) < 4.78 is 24.5. The number of amides is 2. The molecule has 2 aromatic heterocycles. The molecule has 3 rings (SSSR count). The molecule has 9 nitrogen and oxygen atoms in total. The summed E-state index contributed by atoms with van der Waals surface area (Å²) in [5.41, 5.74) is 2.43. The molecule has 0 unspecified atom stereocenters. The number of alkyl carbamates (subject to hydrolysis) is 1. The fourth-order valence-electron chi connectivity index (χ4n) is 3.55. The first-order valence-corrected chi connectivity index (χ1v) is 11.4. The van der Waals surface area contributed by atoms with Gasteiger partial charge in [0.15, 0.2) is 0 Å². The number of ether oxygens (including phenoxy) is 2. The van der Waals surface area contributed by atoms with E-state index >= 15 is 0 Å². The monoisotopic (exact) mass is 475 g/mol. The number of pyridine rings is 1. The summed E-state index contributed by atoms with van der Waals surface area (Å²) in [5, 5.41) is 8.65. The van der Waals surface area contributed by atoms with Crippen molar-refractivity contribution >= 4 is 17.8 Å². The Morgan fingerprint density at radius 1 is 1.35 bits per heavy atom. The van der Waals surface area contributed by atoms with Crippen LogP contribution in [0.3, 0.4) is 0 Å². The average Bonchev–Trinajstić information content (AvgIpc) is 3.24. The van der Waals surface area contributed by atoms with Crippen LogP contribution in [0.1, 0.15) is 50.2 Å². The van der Waals surface area contributed by atoms with E-state index in [1.54, 1.807) is 46.2 Å². The van der Waals surface area contributed by atoms with Crippen LogP contribution in [-0.2, 0) is 9.47 Å². The number of hydrogen-bond acceptors (Lipinski definition) is 6. The zero-order valence-electron chi connectivity index (χ0n) is 20.3. The van der Waals surface area contributed by atoms with Crippen LogP contribution in [0.25, 0.3) is 11.1 Å². The van der Waals surface area contributed by atoms with Gasteiger partial charge in [0.25, 0.3) is 5.91 Å². The lowest BCUT2D eigenvalue weighted by molar-refractivity contribution is 0.0285. The first kappa shape index (κ1) is 25.5. The van der Waals surface area contributed by atoms with Gasteiger partial charge in [0.2, 0.25) is 0 Å². The minimum absolute atomic E-state index is 0.0817. The molecule has 0 bridgehead atoms. The van der Waals surface area contributed by atoms with Gasteiger partial charge >= 0.3 is 6.09 Å². The van der Waals surface area contributed by atoms with Gasteiger partial charge < -0.3 is 30.4 Å². The number of anilines is 1. The Hall–Kier alpha value is -3.14. The SMILES string of the molecule is Cc1cnc(N[C@H]2CCOC[C@H]2F)cc1-c1c[nH]c(C(=O)N[C@@H](C)CNC(=O)OC(C)(C)C)c1. The molecule has 1 saturated heterocycles. The highest BCUT2D eigenvalue weighted by molar-refractivity contribution is 5.94. The largest absolute Gasteiger partial charge is 0.444 e. The number of nitrogens with zero attached hydrogens (tertiary/aromatic N) is 1. The number of H-pyrrole nitrogens is 1. The maximum Gasteiger partial charge on any atom is 0.407 e. The lowest BCUT2D eigenvalue weighted by Crippen LogP contribution is -2.43. The van der Waals surface area contributed by atoms with Crippen LogP contribution < -0.4 is 16.0 Å². The topological polar surface area (TPSA) is 117 Å². The molecule has 1 aliphatic heterocycles. The number of alkyl halides is 1. The molecule has 0 aromatic carbocycles. The number of halogens is 1. The zero-order chi connectivity index (χ0) is 24.9. The number of carbonyl (C=O) groups excluding carboxylic acids is 2. The molecule has 4 N–H and O–H groups in total. The number of nitrogens with one attached hydrogen (secondary N) is 4. The lowest BCUT2D eigenvalue weighted by Gasteiger charge is -2.27. The fourth-order valence-corrected chi connectivity index (χ4v) is 3.55. The first-order valence-electron chi connectivity index (χ1n) is 11.4. The third-order valence-electron chi connectivity index (χ3n) is 5.29. The normalized spacial score (nSPS) is 19.2. The Kier molecular flexibility index (Phi) is 8.14. The molecule has 0 spiro atoms. The van der Waals surface area contributed by atoms with Crippen molar-refractivity contribution in [2.75, 3.05) is 25.1 Å². The van der Waals surface area contributed by atoms with Crippen molar-refractivity contribution in [1.82, 2.24) is 20.6 Å². The second-order valence-electron chi connectivity index (χ2n) is 9.57. The number of aromatic amines is 1. The zero-order valence-corrected chi connectivity index (χ0v) is 20.3. The van der Waals surface area contributed by atoms with Gasteiger partial charge in [0.1, 0.15) is 23.3 Å². The second-order valence-corrected chi connectivity index (χ2v) is 9.57. The molecule has 1 fully saturated rings. The molecular weight excluding hydrogens is 441 g/mol. The maximum atomic E-state index is 14.1. The molecule has 0 radical (unpaired) electrons. The Morgan fingerprint density at radius 3 is 2.82 bits per heavy atom. The maximum absolute atomic E-state index is 14.1. The molecule has 2 amide bonds. The predicted octanol–water partition coefficient (Wildman–Crippen LogP) is 3.57. The molecule has 34 heavy (non-hydrogen) atoms. The summed E-state index contributed by atoms with van der Waals surface area (Å²) in [6, 6.07) is 2.95. The number of rotatable bonds is 7. The van der Waals surface area contributed by atoms with Gasteiger partial charge in [0.05, 0.1) is 12.6 Å². The van der Waals surface area contributed by atoms with Crippen LogP contribution in [-0.4, -0.2) is 65.6 Å². The molecule has 10 heteroatoms. The van der Waals surface area contributed by atoms with Gasteiger partial charge in [-0.05, 0) is 64.3 Å². The number of carbonyl (C=O) groups is 2. The summed E-state index contributed by atoms with van der Waals surface area (Å²) in [6.07, 6.45) is 2.42. The van der Waals surface area contributed by atoms with Crippen LogP contribution in [0.15, 0.2) is 24.5 Å². The molecule has 186 valence electrons. The quantitative estimate of drug-likeness (QED) is 0.486. The van der Waals surface area contributed by atoms with E-state index in [1.807, 2.05) is 13.0 Å². The van der Waals surface area contributed by atoms with Crippen molar-refractivity contribution in [1.29, 1.82) is 0 Å². The minimum Gasteiger partial charge on any atom is -0.444 e. The van der Waals surface area contributed by atoms with E-state index in [1.165, 1.54) is 0 Å². The van der Waals surface area contributed by atoms with Crippen molar-refractivity contribution in [2.24, 2.45) is 0 Å². The molecular formula is C24H34FN5O4. The summed E-state index contributed by atoms with van der Waals surface area (Å²) in [6.45, 7) is 9.90. The van der Waals surface area contributed by atoms with Gasteiger partial charge in [-0.3, -0.25) is 4.79 Å². The third-order valence-corrected chi connectivity index (χ3v) is 5.29. The average molecular weight is 476 g/mol. The van der Waals surface area contributed by atoms with E-state index in [0.717, 1.165) is 16.7 Å². The minimum atomic E-state index is -1.09. The van der Waals surface area contributed by atoms with E-state index in [-0.39, 0.29) is 31.1 Å². The smallest absolute Gasteiger partial charge is 0.407 e. The van der Waals surface area contributed by atoms with Crippen molar-refractivity contribution < 1.29 is 23.5 Å². The second kappa shape index (κ2) is 10.9. The summed E-state index contributed by atoms with van der Waals surface area (Å²) >= 11 is 0. The Bertz CT molecular complexity index is 1000. The highest BCUT2D eigenvalue weighted by Crippen LogP contribution is 2.27. The standard InChI is InChI=1S/C24H34FN5O4/c1-14-10-27-21(30-19-6-7-33-13-18(19)25)9-17(14)16-8-20(26-12-16)22(31)29-15(2)11-28-23(32)34-24(3,4)5/h8-10,12,15,18-19,26H,6-7,11,13H2,1-5H3,(H,27,30)(H,28,32)(H,29,31)/t15-,18+,19-/m0/s1. The van der Waals surface area contributed by atoms with Crippen molar-refractivity contribution in [2.45, 2.75) is 64.9 Å². The highest BCUT2D eigenvalue weighted by Gasteiger charge is 2.26. The number of hydrogen-bond donors (Lipinski definition) is 4. The Labute approximate surface area is 199 Å². The third kappa shape index (κ3) is 7.18. The van der Waals surface area contributed by atoms with Gasteiger partial charge in [-0.2, -0.15) is 0 Å². The van der Waals surface area contributed by atoms with Crippen LogP contribution in [0.2, 0.25) is 0 Å². The predicted molar refractivity (Wildman–Crippen MR) is 128 cm³/mol. The number of aromatic nitrogens is 2. The van der Waals surface area contributed by atoms with Crippen molar-refractivity contribution in [3.05, 3.63) is 35.8 Å².